The number of aromatic nitrogens is 2. The average Bonchev–Trinajstić information content (AvgIpc) is 3.85. The van der Waals surface area contributed by atoms with Crippen molar-refractivity contribution >= 4 is 39.1 Å². The van der Waals surface area contributed by atoms with Gasteiger partial charge in [0.1, 0.15) is 10.6 Å². The third-order valence-electron chi connectivity index (χ3n) is 9.52. The van der Waals surface area contributed by atoms with Crippen molar-refractivity contribution in [2.75, 3.05) is 46.0 Å². The lowest BCUT2D eigenvalue weighted by Gasteiger charge is -2.35. The molecule has 228 valence electrons. The highest BCUT2D eigenvalue weighted by molar-refractivity contribution is 7.94. The zero-order valence-corrected chi connectivity index (χ0v) is 24.8. The van der Waals surface area contributed by atoms with Gasteiger partial charge in [0.05, 0.1) is 23.0 Å². The first-order valence-electron chi connectivity index (χ1n) is 14.7. The molecule has 2 aliphatic heterocycles. The van der Waals surface area contributed by atoms with Crippen LogP contribution in [0, 0.1) is 12.3 Å². The highest BCUT2D eigenvalue weighted by Crippen LogP contribution is 2.54. The molecule has 2 saturated carbocycles. The summed E-state index contributed by atoms with van der Waals surface area (Å²) in [4.78, 5) is 26.4. The molecule has 2 aromatic rings. The third kappa shape index (κ3) is 5.64. The van der Waals surface area contributed by atoms with E-state index in [1.54, 1.807) is 36.1 Å². The molecule has 0 bridgehead atoms. The lowest BCUT2D eigenvalue weighted by Crippen LogP contribution is -2.40. The molecule has 1 atom stereocenters. The molecule has 1 spiro atoms. The molecule has 6 rings (SSSR count). The van der Waals surface area contributed by atoms with Gasteiger partial charge in [0.15, 0.2) is 0 Å². The minimum absolute atomic E-state index is 0.123. The second-order valence-electron chi connectivity index (χ2n) is 12.6. The quantitative estimate of drug-likeness (QED) is 0.407. The maximum absolute atomic E-state index is 13.7. The van der Waals surface area contributed by atoms with Gasteiger partial charge in [-0.05, 0) is 76.0 Å². The predicted molar refractivity (Wildman–Crippen MR) is 157 cm³/mol. The number of alkyl halides is 2. The molecule has 1 aromatic carbocycles. The number of benzene rings is 1. The number of anilines is 4. The SMILES string of the molecule is Cc1cc(NC(=O)c2ccc(NS(=O)(=O)C3([C@@H](C)O)CC3)cc2N2CCC3(CC2)CC3)nc(N2CCC(F)(F)CC2)n1. The maximum atomic E-state index is 13.7. The Labute approximate surface area is 245 Å². The van der Waals surface area contributed by atoms with E-state index in [-0.39, 0.29) is 31.7 Å². The molecule has 10 nitrogen and oxygen atoms in total. The van der Waals surface area contributed by atoms with Gasteiger partial charge in [-0.3, -0.25) is 9.52 Å². The molecular formula is C29H38F2N6O4S. The summed E-state index contributed by atoms with van der Waals surface area (Å²) in [6.07, 6.45) is 3.69. The smallest absolute Gasteiger partial charge is 0.258 e. The number of piperidine rings is 2. The number of carbonyl (C=O) groups excluding carboxylic acids is 1. The van der Waals surface area contributed by atoms with E-state index < -0.39 is 32.7 Å². The van der Waals surface area contributed by atoms with E-state index in [9.17, 15) is 27.1 Å². The van der Waals surface area contributed by atoms with Crippen LogP contribution in [0.3, 0.4) is 0 Å². The standard InChI is InChI=1S/C29H38F2N6O4S/c1-19-17-24(34-26(32-19)37-15-11-29(30,31)12-16-37)33-25(39)22-4-3-21(35-42(40,41)28(7-8-28)20(2)38)18-23(22)36-13-9-27(5-6-27)10-14-36/h3-4,17-18,20,35,38H,5-16H2,1-2H3,(H,32,33,34,39)/t20-/m1/s1. The molecule has 1 aromatic heterocycles. The number of hydrogen-bond acceptors (Lipinski definition) is 8. The summed E-state index contributed by atoms with van der Waals surface area (Å²) in [6, 6.07) is 6.49. The van der Waals surface area contributed by atoms with Crippen LogP contribution in [-0.2, 0) is 10.0 Å². The number of carbonyl (C=O) groups is 1. The van der Waals surface area contributed by atoms with Crippen LogP contribution < -0.4 is 19.8 Å². The van der Waals surface area contributed by atoms with Crippen molar-refractivity contribution < 1.29 is 27.1 Å². The van der Waals surface area contributed by atoms with Crippen molar-refractivity contribution in [2.45, 2.75) is 82.0 Å². The highest BCUT2D eigenvalue weighted by Gasteiger charge is 2.58. The maximum Gasteiger partial charge on any atom is 0.258 e. The predicted octanol–water partition coefficient (Wildman–Crippen LogP) is 4.31. The van der Waals surface area contributed by atoms with Crippen LogP contribution in [0.2, 0.25) is 0 Å². The Morgan fingerprint density at radius 3 is 2.19 bits per heavy atom. The summed E-state index contributed by atoms with van der Waals surface area (Å²) in [5.41, 5.74) is 2.32. The topological polar surface area (TPSA) is 128 Å². The Bertz CT molecular complexity index is 1470. The van der Waals surface area contributed by atoms with Gasteiger partial charge in [-0.25, -0.2) is 22.2 Å². The fourth-order valence-corrected chi connectivity index (χ4v) is 7.94. The van der Waals surface area contributed by atoms with E-state index in [4.69, 9.17) is 0 Å². The van der Waals surface area contributed by atoms with Gasteiger partial charge in [0.25, 0.3) is 11.8 Å². The van der Waals surface area contributed by atoms with Gasteiger partial charge in [-0.2, -0.15) is 4.98 Å². The largest absolute Gasteiger partial charge is 0.392 e. The molecule has 0 unspecified atom stereocenters. The van der Waals surface area contributed by atoms with Gasteiger partial charge in [0, 0.05) is 50.8 Å². The second-order valence-corrected chi connectivity index (χ2v) is 14.6. The lowest BCUT2D eigenvalue weighted by atomic mass is 9.93. The van der Waals surface area contributed by atoms with Gasteiger partial charge < -0.3 is 20.2 Å². The molecule has 42 heavy (non-hydrogen) atoms. The Morgan fingerprint density at radius 1 is 0.952 bits per heavy atom. The molecule has 2 aliphatic carbocycles. The number of amides is 1. The molecule has 3 N–H and O–H groups in total. The highest BCUT2D eigenvalue weighted by atomic mass is 32.2. The van der Waals surface area contributed by atoms with E-state index in [1.165, 1.54) is 19.8 Å². The van der Waals surface area contributed by atoms with E-state index in [2.05, 4.69) is 24.9 Å². The Kier molecular flexibility index (Phi) is 7.11. The summed E-state index contributed by atoms with van der Waals surface area (Å²) in [5, 5.41) is 13.0. The third-order valence-corrected chi connectivity index (χ3v) is 11.8. The number of halogens is 2. The van der Waals surface area contributed by atoms with Crippen molar-refractivity contribution in [3.63, 3.8) is 0 Å². The first kappa shape index (κ1) is 29.0. The summed E-state index contributed by atoms with van der Waals surface area (Å²) in [5.74, 6) is -2.55. The van der Waals surface area contributed by atoms with E-state index in [0.717, 1.165) is 25.9 Å². The number of rotatable bonds is 8. The van der Waals surface area contributed by atoms with Crippen molar-refractivity contribution in [1.29, 1.82) is 0 Å². The van der Waals surface area contributed by atoms with Crippen LogP contribution in [-0.4, -0.2) is 72.4 Å². The minimum Gasteiger partial charge on any atom is -0.392 e. The fraction of sp³-hybridized carbons (Fsp3) is 0.621. The molecule has 4 aliphatic rings. The van der Waals surface area contributed by atoms with Crippen molar-refractivity contribution in [3.05, 3.63) is 35.5 Å². The van der Waals surface area contributed by atoms with Gasteiger partial charge in [-0.15, -0.1) is 0 Å². The van der Waals surface area contributed by atoms with E-state index >= 15 is 0 Å². The number of aliphatic hydroxyl groups is 1. The molecular weight excluding hydrogens is 566 g/mol. The Balaban J connectivity index is 1.26. The van der Waals surface area contributed by atoms with Crippen LogP contribution in [0.1, 0.15) is 74.3 Å². The first-order chi connectivity index (χ1) is 19.8. The number of sulfonamides is 1. The number of aliphatic hydroxyl groups excluding tert-OH is 1. The molecule has 2 saturated heterocycles. The molecule has 3 heterocycles. The van der Waals surface area contributed by atoms with Crippen molar-refractivity contribution in [1.82, 2.24) is 9.97 Å². The van der Waals surface area contributed by atoms with Crippen molar-refractivity contribution in [2.24, 2.45) is 5.41 Å². The number of hydrogen-bond donors (Lipinski definition) is 3. The first-order valence-corrected chi connectivity index (χ1v) is 16.2. The zero-order valence-electron chi connectivity index (χ0n) is 24.0. The Hall–Kier alpha value is -3.06. The van der Waals surface area contributed by atoms with Crippen LogP contribution in [0.4, 0.5) is 31.9 Å². The normalized spacial score (nSPS) is 22.9. The monoisotopic (exact) mass is 604 g/mol. The summed E-state index contributed by atoms with van der Waals surface area (Å²) >= 11 is 0. The van der Waals surface area contributed by atoms with Crippen LogP contribution in [0.15, 0.2) is 24.3 Å². The molecule has 13 heteroatoms. The molecule has 0 radical (unpaired) electrons. The number of nitrogens with zero attached hydrogens (tertiary/aromatic N) is 4. The fourth-order valence-electron chi connectivity index (χ4n) is 6.21. The second kappa shape index (κ2) is 10.3. The average molecular weight is 605 g/mol. The summed E-state index contributed by atoms with van der Waals surface area (Å²) in [6.45, 7) is 5.01. The summed E-state index contributed by atoms with van der Waals surface area (Å²) < 4.78 is 55.2. The van der Waals surface area contributed by atoms with E-state index in [0.29, 0.717) is 46.8 Å². The molecule has 4 fully saturated rings. The molecule has 1 amide bonds. The minimum atomic E-state index is -3.85. The zero-order chi connectivity index (χ0) is 29.9. The summed E-state index contributed by atoms with van der Waals surface area (Å²) in [7, 11) is -3.85. The van der Waals surface area contributed by atoms with E-state index in [1.807, 2.05) is 0 Å². The van der Waals surface area contributed by atoms with Crippen LogP contribution >= 0.6 is 0 Å². The Morgan fingerprint density at radius 2 is 1.60 bits per heavy atom. The number of aryl methyl sites for hydroxylation is 1. The van der Waals surface area contributed by atoms with Crippen LogP contribution in [0.5, 0.6) is 0 Å². The van der Waals surface area contributed by atoms with Crippen LogP contribution in [0.25, 0.3) is 0 Å². The number of nitrogens with one attached hydrogen (secondary N) is 2. The van der Waals surface area contributed by atoms with Gasteiger partial charge >= 0.3 is 0 Å². The van der Waals surface area contributed by atoms with Gasteiger partial charge in [0.2, 0.25) is 16.0 Å². The van der Waals surface area contributed by atoms with Crippen molar-refractivity contribution in [3.8, 4) is 0 Å². The van der Waals surface area contributed by atoms with Gasteiger partial charge in [-0.1, -0.05) is 0 Å². The lowest BCUT2D eigenvalue weighted by molar-refractivity contribution is -0.0222.